The molecule has 23 heavy (non-hydrogen) atoms. The number of aromatic amines is 1. The molecule has 1 aromatic carbocycles. The number of aliphatic hydroxyl groups is 1. The maximum absolute atomic E-state index is 9.86. The quantitative estimate of drug-likeness (QED) is 0.622. The van der Waals surface area contributed by atoms with E-state index in [4.69, 9.17) is 4.74 Å². The minimum Gasteiger partial charge on any atom is -0.491 e. The summed E-state index contributed by atoms with van der Waals surface area (Å²) >= 11 is 1.68. The molecule has 0 aliphatic rings. The monoisotopic (exact) mass is 331 g/mol. The third-order valence-corrected chi connectivity index (χ3v) is 4.42. The number of ether oxygens (including phenoxy) is 1. The fourth-order valence-corrected chi connectivity index (χ4v) is 3.13. The molecule has 2 heterocycles. The lowest BCUT2D eigenvalue weighted by molar-refractivity contribution is 0.104. The second-order valence-corrected chi connectivity index (χ2v) is 6.70. The van der Waals surface area contributed by atoms with E-state index in [0.29, 0.717) is 12.6 Å². The summed E-state index contributed by atoms with van der Waals surface area (Å²) in [5.74, 6) is 0.746. The van der Waals surface area contributed by atoms with Crippen molar-refractivity contribution in [3.8, 4) is 17.0 Å². The van der Waals surface area contributed by atoms with Crippen LogP contribution in [0.3, 0.4) is 0 Å². The first-order chi connectivity index (χ1) is 11.1. The van der Waals surface area contributed by atoms with Crippen molar-refractivity contribution >= 4 is 21.6 Å². The largest absolute Gasteiger partial charge is 0.491 e. The zero-order chi connectivity index (χ0) is 16.2. The van der Waals surface area contributed by atoms with E-state index in [1.54, 1.807) is 11.3 Å². The summed E-state index contributed by atoms with van der Waals surface area (Å²) in [7, 11) is 0. The van der Waals surface area contributed by atoms with E-state index in [1.165, 1.54) is 0 Å². The Morgan fingerprint density at radius 1 is 1.26 bits per heavy atom. The van der Waals surface area contributed by atoms with Crippen LogP contribution in [0.4, 0.5) is 0 Å². The topological polar surface area (TPSA) is 70.2 Å². The molecule has 0 bridgehead atoms. The van der Waals surface area contributed by atoms with Gasteiger partial charge in [0.25, 0.3) is 0 Å². The van der Waals surface area contributed by atoms with Crippen LogP contribution in [0, 0.1) is 0 Å². The number of H-pyrrole nitrogens is 1. The van der Waals surface area contributed by atoms with E-state index in [9.17, 15) is 5.11 Å². The minimum absolute atomic E-state index is 0.274. The first-order valence-corrected chi connectivity index (χ1v) is 8.57. The zero-order valence-corrected chi connectivity index (χ0v) is 14.1. The maximum atomic E-state index is 9.86. The van der Waals surface area contributed by atoms with E-state index in [2.05, 4.69) is 20.9 Å². The predicted octanol–water partition coefficient (Wildman–Crippen LogP) is 3.03. The molecule has 0 saturated carbocycles. The highest BCUT2D eigenvalue weighted by atomic mass is 32.1. The fraction of sp³-hybridized carbons (Fsp3) is 0.353. The van der Waals surface area contributed by atoms with E-state index in [-0.39, 0.29) is 6.61 Å². The van der Waals surface area contributed by atoms with Crippen molar-refractivity contribution in [2.24, 2.45) is 0 Å². The van der Waals surface area contributed by atoms with Gasteiger partial charge in [-0.3, -0.25) is 5.10 Å². The molecule has 0 fully saturated rings. The molecule has 5 nitrogen and oxygen atoms in total. The first-order valence-electron chi connectivity index (χ1n) is 7.69. The van der Waals surface area contributed by atoms with Crippen LogP contribution >= 0.6 is 11.3 Å². The maximum Gasteiger partial charge on any atom is 0.119 e. The Balaban J connectivity index is 1.60. The summed E-state index contributed by atoms with van der Waals surface area (Å²) < 4.78 is 6.79. The standard InChI is InChI=1S/C17H21N3O2S/c1-11(2)18-9-13(21)10-22-14-5-3-12(4-6-14)16-17-15(19-20-16)7-8-23-17/h3-8,11,13,18,21H,9-10H2,1-2H3,(H,19,20). The van der Waals surface area contributed by atoms with Gasteiger partial charge in [0.05, 0.1) is 10.2 Å². The number of hydrogen-bond donors (Lipinski definition) is 3. The lowest BCUT2D eigenvalue weighted by atomic mass is 10.1. The number of fused-ring (bicyclic) bond motifs is 1. The molecule has 1 unspecified atom stereocenters. The van der Waals surface area contributed by atoms with Crippen LogP contribution in [0.15, 0.2) is 35.7 Å². The SMILES string of the molecule is CC(C)NCC(O)COc1ccc(-c2n[nH]c3ccsc23)cc1. The van der Waals surface area contributed by atoms with Crippen LogP contribution in [0.2, 0.25) is 0 Å². The van der Waals surface area contributed by atoms with Gasteiger partial charge in [-0.1, -0.05) is 13.8 Å². The van der Waals surface area contributed by atoms with Gasteiger partial charge in [0.1, 0.15) is 24.2 Å². The Bertz CT molecular complexity index is 749. The molecule has 0 radical (unpaired) electrons. The Labute approximate surface area is 139 Å². The summed E-state index contributed by atoms with van der Waals surface area (Å²) in [5, 5.41) is 22.5. The van der Waals surface area contributed by atoms with E-state index < -0.39 is 6.10 Å². The molecule has 0 spiro atoms. The Morgan fingerprint density at radius 3 is 2.78 bits per heavy atom. The molecule has 0 saturated heterocycles. The Morgan fingerprint density at radius 2 is 2.04 bits per heavy atom. The Kier molecular flexibility index (Phi) is 4.95. The molecule has 0 aliphatic carbocycles. The van der Waals surface area contributed by atoms with Crippen molar-refractivity contribution in [1.29, 1.82) is 0 Å². The summed E-state index contributed by atoms with van der Waals surface area (Å²) in [4.78, 5) is 0. The summed E-state index contributed by atoms with van der Waals surface area (Å²) in [6, 6.07) is 10.2. The van der Waals surface area contributed by atoms with E-state index >= 15 is 0 Å². The van der Waals surface area contributed by atoms with Crippen LogP contribution in [0.5, 0.6) is 5.75 Å². The van der Waals surface area contributed by atoms with Gasteiger partial charge < -0.3 is 15.2 Å². The average Bonchev–Trinajstić information content (AvgIpc) is 3.14. The number of hydrogen-bond acceptors (Lipinski definition) is 5. The van der Waals surface area contributed by atoms with Gasteiger partial charge >= 0.3 is 0 Å². The van der Waals surface area contributed by atoms with Crippen molar-refractivity contribution in [3.63, 3.8) is 0 Å². The van der Waals surface area contributed by atoms with Crippen molar-refractivity contribution < 1.29 is 9.84 Å². The van der Waals surface area contributed by atoms with Crippen molar-refractivity contribution in [3.05, 3.63) is 35.7 Å². The molecule has 3 N–H and O–H groups in total. The average molecular weight is 331 g/mol. The minimum atomic E-state index is -0.519. The lowest BCUT2D eigenvalue weighted by Crippen LogP contribution is -2.35. The van der Waals surface area contributed by atoms with E-state index in [1.807, 2.05) is 44.2 Å². The molecule has 2 aromatic heterocycles. The fourth-order valence-electron chi connectivity index (χ4n) is 2.28. The molecule has 1 atom stereocenters. The lowest BCUT2D eigenvalue weighted by Gasteiger charge is -2.15. The van der Waals surface area contributed by atoms with Gasteiger partial charge in [-0.2, -0.15) is 5.10 Å². The summed E-state index contributed by atoms with van der Waals surface area (Å²) in [5.41, 5.74) is 3.07. The normalized spacial score (nSPS) is 12.9. The highest BCUT2D eigenvalue weighted by Gasteiger charge is 2.10. The first kappa shape index (κ1) is 16.0. The van der Waals surface area contributed by atoms with Gasteiger partial charge in [0, 0.05) is 18.2 Å². The zero-order valence-electron chi connectivity index (χ0n) is 13.2. The highest BCUT2D eigenvalue weighted by molar-refractivity contribution is 7.17. The summed E-state index contributed by atoms with van der Waals surface area (Å²) in [6.07, 6.45) is -0.519. The molecule has 122 valence electrons. The van der Waals surface area contributed by atoms with Crippen LogP contribution in [0.25, 0.3) is 21.5 Å². The molecular formula is C17H21N3O2S. The number of nitrogens with one attached hydrogen (secondary N) is 2. The number of aliphatic hydroxyl groups excluding tert-OH is 1. The second kappa shape index (κ2) is 7.12. The number of aromatic nitrogens is 2. The van der Waals surface area contributed by atoms with E-state index in [0.717, 1.165) is 27.2 Å². The van der Waals surface area contributed by atoms with Crippen LogP contribution < -0.4 is 10.1 Å². The molecule has 0 amide bonds. The highest BCUT2D eigenvalue weighted by Crippen LogP contribution is 2.31. The molecular weight excluding hydrogens is 310 g/mol. The molecule has 3 aromatic rings. The summed E-state index contributed by atoms with van der Waals surface area (Å²) in [6.45, 7) is 4.90. The number of benzene rings is 1. The van der Waals surface area contributed by atoms with Gasteiger partial charge in [0.2, 0.25) is 0 Å². The number of thiophene rings is 1. The van der Waals surface area contributed by atoms with Crippen LogP contribution in [0.1, 0.15) is 13.8 Å². The molecule has 6 heteroatoms. The van der Waals surface area contributed by atoms with Crippen molar-refractivity contribution in [2.45, 2.75) is 26.0 Å². The number of nitrogens with zero attached hydrogens (tertiary/aromatic N) is 1. The van der Waals surface area contributed by atoms with Crippen LogP contribution in [-0.2, 0) is 0 Å². The predicted molar refractivity (Wildman–Crippen MR) is 94.0 cm³/mol. The van der Waals surface area contributed by atoms with Crippen LogP contribution in [-0.4, -0.2) is 40.6 Å². The van der Waals surface area contributed by atoms with Gasteiger partial charge in [0.15, 0.2) is 0 Å². The molecule has 0 aliphatic heterocycles. The second-order valence-electron chi connectivity index (χ2n) is 5.79. The molecule has 3 rings (SSSR count). The van der Waals surface area contributed by atoms with Gasteiger partial charge in [-0.05, 0) is 35.7 Å². The van der Waals surface area contributed by atoms with Crippen molar-refractivity contribution in [2.75, 3.05) is 13.2 Å². The third-order valence-electron chi connectivity index (χ3n) is 3.50. The number of rotatable bonds is 7. The van der Waals surface area contributed by atoms with Gasteiger partial charge in [-0.15, -0.1) is 11.3 Å². The van der Waals surface area contributed by atoms with Gasteiger partial charge in [-0.25, -0.2) is 0 Å². The third kappa shape index (κ3) is 3.90. The smallest absolute Gasteiger partial charge is 0.119 e. The van der Waals surface area contributed by atoms with Crippen molar-refractivity contribution in [1.82, 2.24) is 15.5 Å². The Hall–Kier alpha value is -1.89.